The Morgan fingerprint density at radius 1 is 1.45 bits per heavy atom. The van der Waals surface area contributed by atoms with E-state index in [-0.39, 0.29) is 5.88 Å². The van der Waals surface area contributed by atoms with Crippen molar-refractivity contribution in [3.63, 3.8) is 0 Å². The third kappa shape index (κ3) is 4.67. The molecule has 3 heteroatoms. The normalized spacial score (nSPS) is 15.9. The van der Waals surface area contributed by atoms with E-state index in [2.05, 4.69) is 6.58 Å². The molecule has 0 aromatic carbocycles. The van der Waals surface area contributed by atoms with Crippen LogP contribution in [0.4, 0.5) is 0 Å². The molecule has 0 saturated heterocycles. The second kappa shape index (κ2) is 5.87. The molecule has 0 rings (SSSR count). The van der Waals surface area contributed by atoms with E-state index < -0.39 is 5.60 Å². The zero-order valence-electron chi connectivity index (χ0n) is 6.52. The fourth-order valence-corrected chi connectivity index (χ4v) is 1.26. The standard InChI is InChI=1S/C8H14Cl2O/c1-2-4-8(11,7-10)5-3-6-9/h2,11H,1,3-7H2. The van der Waals surface area contributed by atoms with Crippen LogP contribution in [0.5, 0.6) is 0 Å². The van der Waals surface area contributed by atoms with Gasteiger partial charge in [0.1, 0.15) is 0 Å². The van der Waals surface area contributed by atoms with E-state index >= 15 is 0 Å². The highest BCUT2D eigenvalue weighted by Crippen LogP contribution is 2.19. The molecule has 0 aliphatic carbocycles. The number of hydrogen-bond acceptors (Lipinski definition) is 1. The van der Waals surface area contributed by atoms with Crippen LogP contribution >= 0.6 is 23.2 Å². The minimum absolute atomic E-state index is 0.246. The van der Waals surface area contributed by atoms with E-state index in [4.69, 9.17) is 23.2 Å². The van der Waals surface area contributed by atoms with Gasteiger partial charge in [0.05, 0.1) is 11.5 Å². The van der Waals surface area contributed by atoms with Gasteiger partial charge in [-0.05, 0) is 19.3 Å². The molecule has 1 unspecified atom stereocenters. The molecular weight excluding hydrogens is 183 g/mol. The minimum atomic E-state index is -0.793. The first kappa shape index (κ1) is 11.3. The van der Waals surface area contributed by atoms with Crippen molar-refractivity contribution in [1.82, 2.24) is 0 Å². The van der Waals surface area contributed by atoms with Crippen LogP contribution in [0.25, 0.3) is 0 Å². The summed E-state index contributed by atoms with van der Waals surface area (Å²) in [7, 11) is 0. The fraction of sp³-hybridized carbons (Fsp3) is 0.750. The predicted molar refractivity (Wildman–Crippen MR) is 50.4 cm³/mol. The van der Waals surface area contributed by atoms with Gasteiger partial charge in [0.15, 0.2) is 0 Å². The molecule has 1 N–H and O–H groups in total. The molecule has 11 heavy (non-hydrogen) atoms. The third-order valence-corrected chi connectivity index (χ3v) is 2.31. The molecule has 0 bridgehead atoms. The number of hydrogen-bond donors (Lipinski definition) is 1. The van der Waals surface area contributed by atoms with Gasteiger partial charge in [-0.25, -0.2) is 0 Å². The predicted octanol–water partition coefficient (Wildman–Crippen LogP) is 2.55. The van der Waals surface area contributed by atoms with Gasteiger partial charge in [0.2, 0.25) is 0 Å². The van der Waals surface area contributed by atoms with Crippen LogP contribution in [0.3, 0.4) is 0 Å². The second-order valence-electron chi connectivity index (χ2n) is 2.64. The van der Waals surface area contributed by atoms with E-state index in [0.29, 0.717) is 18.7 Å². The summed E-state index contributed by atoms with van der Waals surface area (Å²) in [6.07, 6.45) is 3.65. The maximum Gasteiger partial charge on any atom is 0.0817 e. The van der Waals surface area contributed by atoms with Gasteiger partial charge in [0.25, 0.3) is 0 Å². The van der Waals surface area contributed by atoms with Crippen LogP contribution < -0.4 is 0 Å². The largest absolute Gasteiger partial charge is 0.388 e. The molecule has 0 amide bonds. The Kier molecular flexibility index (Phi) is 6.02. The lowest BCUT2D eigenvalue weighted by molar-refractivity contribution is 0.0572. The first-order valence-electron chi connectivity index (χ1n) is 3.64. The molecule has 1 nitrogen and oxygen atoms in total. The number of alkyl halides is 2. The topological polar surface area (TPSA) is 20.2 Å². The Balaban J connectivity index is 3.77. The highest BCUT2D eigenvalue weighted by Gasteiger charge is 2.22. The van der Waals surface area contributed by atoms with Crippen LogP contribution in [0, 0.1) is 0 Å². The van der Waals surface area contributed by atoms with Gasteiger partial charge in [-0.1, -0.05) is 6.08 Å². The molecular formula is C8H14Cl2O. The Labute approximate surface area is 78.0 Å². The van der Waals surface area contributed by atoms with E-state index in [1.807, 2.05) is 0 Å². The monoisotopic (exact) mass is 196 g/mol. The van der Waals surface area contributed by atoms with Gasteiger partial charge in [-0.15, -0.1) is 29.8 Å². The molecule has 66 valence electrons. The van der Waals surface area contributed by atoms with Crippen molar-refractivity contribution in [3.05, 3.63) is 12.7 Å². The molecule has 0 aromatic heterocycles. The quantitative estimate of drug-likeness (QED) is 0.512. The van der Waals surface area contributed by atoms with Crippen molar-refractivity contribution in [2.24, 2.45) is 0 Å². The van der Waals surface area contributed by atoms with Gasteiger partial charge in [0, 0.05) is 5.88 Å². The summed E-state index contributed by atoms with van der Waals surface area (Å²) in [5, 5.41) is 9.69. The van der Waals surface area contributed by atoms with E-state index in [9.17, 15) is 5.11 Å². The molecule has 0 saturated carbocycles. The molecule has 0 spiro atoms. The average molecular weight is 197 g/mol. The lowest BCUT2D eigenvalue weighted by atomic mass is 9.97. The molecule has 0 heterocycles. The highest BCUT2D eigenvalue weighted by molar-refractivity contribution is 6.18. The Morgan fingerprint density at radius 2 is 2.09 bits per heavy atom. The first-order chi connectivity index (χ1) is 5.18. The summed E-state index contributed by atoms with van der Waals surface area (Å²) >= 11 is 11.1. The maximum atomic E-state index is 9.69. The van der Waals surface area contributed by atoms with E-state index in [1.54, 1.807) is 6.08 Å². The number of aliphatic hydroxyl groups is 1. The minimum Gasteiger partial charge on any atom is -0.388 e. The highest BCUT2D eigenvalue weighted by atomic mass is 35.5. The lowest BCUT2D eigenvalue weighted by Gasteiger charge is -2.23. The molecule has 0 aliphatic rings. The number of rotatable bonds is 6. The fourth-order valence-electron chi connectivity index (χ4n) is 0.888. The summed E-state index contributed by atoms with van der Waals surface area (Å²) in [6.45, 7) is 3.55. The molecule has 0 aliphatic heterocycles. The van der Waals surface area contributed by atoms with Crippen LogP contribution in [-0.4, -0.2) is 22.5 Å². The van der Waals surface area contributed by atoms with Crippen molar-refractivity contribution in [2.45, 2.75) is 24.9 Å². The smallest absolute Gasteiger partial charge is 0.0817 e. The third-order valence-electron chi connectivity index (χ3n) is 1.55. The van der Waals surface area contributed by atoms with Crippen LogP contribution in [0.1, 0.15) is 19.3 Å². The first-order valence-corrected chi connectivity index (χ1v) is 4.70. The van der Waals surface area contributed by atoms with Crippen molar-refractivity contribution < 1.29 is 5.11 Å². The van der Waals surface area contributed by atoms with Crippen molar-refractivity contribution in [1.29, 1.82) is 0 Å². The Morgan fingerprint density at radius 3 is 2.45 bits per heavy atom. The molecule has 0 radical (unpaired) electrons. The summed E-state index contributed by atoms with van der Waals surface area (Å²) in [5.74, 6) is 0.812. The van der Waals surface area contributed by atoms with Crippen molar-refractivity contribution in [2.75, 3.05) is 11.8 Å². The van der Waals surface area contributed by atoms with Gasteiger partial charge in [-0.3, -0.25) is 0 Å². The van der Waals surface area contributed by atoms with Crippen LogP contribution in [0.15, 0.2) is 12.7 Å². The van der Waals surface area contributed by atoms with E-state index in [0.717, 1.165) is 6.42 Å². The second-order valence-corrected chi connectivity index (χ2v) is 3.29. The van der Waals surface area contributed by atoms with E-state index in [1.165, 1.54) is 0 Å². The summed E-state index contributed by atoms with van der Waals surface area (Å²) in [4.78, 5) is 0. The summed E-state index contributed by atoms with van der Waals surface area (Å²) < 4.78 is 0. The SMILES string of the molecule is C=CCC(O)(CCl)CCCCl. The van der Waals surface area contributed by atoms with Crippen LogP contribution in [0.2, 0.25) is 0 Å². The van der Waals surface area contributed by atoms with Gasteiger partial charge < -0.3 is 5.11 Å². The van der Waals surface area contributed by atoms with Crippen LogP contribution in [-0.2, 0) is 0 Å². The maximum absolute atomic E-state index is 9.69. The Bertz CT molecular complexity index is 117. The van der Waals surface area contributed by atoms with Gasteiger partial charge >= 0.3 is 0 Å². The zero-order chi connectivity index (χ0) is 8.74. The Hall–Kier alpha value is 0.280. The lowest BCUT2D eigenvalue weighted by Crippen LogP contribution is -2.30. The molecule has 0 aromatic rings. The zero-order valence-corrected chi connectivity index (χ0v) is 8.03. The molecule has 1 atom stereocenters. The average Bonchev–Trinajstić information content (AvgIpc) is 2.02. The van der Waals surface area contributed by atoms with Gasteiger partial charge in [-0.2, -0.15) is 0 Å². The number of halogens is 2. The van der Waals surface area contributed by atoms with Crippen molar-refractivity contribution in [3.8, 4) is 0 Å². The summed E-state index contributed by atoms with van der Waals surface area (Å²) in [6, 6.07) is 0. The van der Waals surface area contributed by atoms with Crippen molar-refractivity contribution >= 4 is 23.2 Å². The summed E-state index contributed by atoms with van der Waals surface area (Å²) in [5.41, 5.74) is -0.793. The molecule has 0 fully saturated rings.